The second-order valence-corrected chi connectivity index (χ2v) is 4.22. The minimum atomic E-state index is -0.368. The van der Waals surface area contributed by atoms with Crippen LogP contribution in [0.2, 0.25) is 0 Å². The van der Waals surface area contributed by atoms with E-state index in [9.17, 15) is 5.11 Å². The van der Waals surface area contributed by atoms with Gasteiger partial charge in [0, 0.05) is 31.4 Å². The fourth-order valence-corrected chi connectivity index (χ4v) is 1.60. The number of nitrogens with zero attached hydrogens (tertiary/aromatic N) is 2. The highest BCUT2D eigenvalue weighted by Crippen LogP contribution is 2.12. The molecule has 0 aliphatic carbocycles. The van der Waals surface area contributed by atoms with Crippen molar-refractivity contribution in [3.05, 3.63) is 23.9 Å². The predicted molar refractivity (Wildman–Crippen MR) is 67.1 cm³/mol. The summed E-state index contributed by atoms with van der Waals surface area (Å²) in [5.74, 6) is 0.627. The van der Waals surface area contributed by atoms with E-state index in [-0.39, 0.29) is 6.10 Å². The smallest absolute Gasteiger partial charge is 0.217 e. The zero-order chi connectivity index (χ0) is 12.7. The van der Waals surface area contributed by atoms with Gasteiger partial charge >= 0.3 is 0 Å². The minimum Gasteiger partial charge on any atom is -0.481 e. The Morgan fingerprint density at radius 3 is 2.94 bits per heavy atom. The third-order valence-electron chi connectivity index (χ3n) is 2.31. The van der Waals surface area contributed by atoms with Gasteiger partial charge in [-0.1, -0.05) is 6.07 Å². The van der Waals surface area contributed by atoms with E-state index in [0.29, 0.717) is 25.5 Å². The third kappa shape index (κ3) is 5.12. The van der Waals surface area contributed by atoms with Crippen molar-refractivity contribution >= 4 is 0 Å². The van der Waals surface area contributed by atoms with Gasteiger partial charge in [0.05, 0.1) is 13.2 Å². The van der Waals surface area contributed by atoms with Gasteiger partial charge in [0.1, 0.15) is 0 Å². The molecule has 0 amide bonds. The zero-order valence-electron chi connectivity index (χ0n) is 10.7. The van der Waals surface area contributed by atoms with Gasteiger partial charge in [-0.15, -0.1) is 0 Å². The van der Waals surface area contributed by atoms with E-state index in [4.69, 9.17) is 4.74 Å². The van der Waals surface area contributed by atoms with Crippen LogP contribution in [-0.4, -0.2) is 55.4 Å². The molecule has 0 bridgehead atoms. The molecule has 0 aliphatic rings. The van der Waals surface area contributed by atoms with Crippen LogP contribution in [0.5, 0.6) is 5.88 Å². The van der Waals surface area contributed by atoms with Crippen molar-refractivity contribution in [3.8, 4) is 5.88 Å². The van der Waals surface area contributed by atoms with E-state index in [1.165, 1.54) is 0 Å². The Morgan fingerprint density at radius 2 is 2.29 bits per heavy atom. The molecule has 0 saturated carbocycles. The first-order valence-corrected chi connectivity index (χ1v) is 5.65. The zero-order valence-corrected chi connectivity index (χ0v) is 10.7. The number of hydrogen-bond acceptors (Lipinski definition) is 5. The topological polar surface area (TPSA) is 57.6 Å². The molecular weight excluding hydrogens is 218 g/mol. The van der Waals surface area contributed by atoms with Crippen molar-refractivity contribution < 1.29 is 9.84 Å². The van der Waals surface area contributed by atoms with Crippen molar-refractivity contribution in [3.63, 3.8) is 0 Å². The Balaban J connectivity index is 2.35. The Labute approximate surface area is 102 Å². The maximum atomic E-state index is 9.67. The number of aliphatic hydroxyl groups is 1. The number of pyridine rings is 1. The van der Waals surface area contributed by atoms with Crippen LogP contribution in [0, 0.1) is 0 Å². The summed E-state index contributed by atoms with van der Waals surface area (Å²) >= 11 is 0. The van der Waals surface area contributed by atoms with Crippen molar-refractivity contribution in [2.45, 2.75) is 12.6 Å². The van der Waals surface area contributed by atoms with Crippen molar-refractivity contribution in [1.82, 2.24) is 15.2 Å². The lowest BCUT2D eigenvalue weighted by atomic mass is 10.2. The lowest BCUT2D eigenvalue weighted by Crippen LogP contribution is -2.34. The van der Waals surface area contributed by atoms with Gasteiger partial charge in [-0.05, 0) is 20.2 Å². The minimum absolute atomic E-state index is 0.368. The van der Waals surface area contributed by atoms with E-state index >= 15 is 0 Å². The lowest BCUT2D eigenvalue weighted by molar-refractivity contribution is 0.134. The quantitative estimate of drug-likeness (QED) is 0.707. The molecule has 0 aromatic carbocycles. The fourth-order valence-electron chi connectivity index (χ4n) is 1.60. The van der Waals surface area contributed by atoms with Crippen molar-refractivity contribution in [2.24, 2.45) is 0 Å². The number of rotatable bonds is 7. The van der Waals surface area contributed by atoms with Gasteiger partial charge in [0.25, 0.3) is 0 Å². The first kappa shape index (κ1) is 13.9. The molecule has 0 radical (unpaired) electrons. The van der Waals surface area contributed by atoms with E-state index < -0.39 is 0 Å². The molecule has 1 atom stereocenters. The Bertz CT molecular complexity index is 331. The molecule has 1 heterocycles. The summed E-state index contributed by atoms with van der Waals surface area (Å²) in [4.78, 5) is 6.07. The monoisotopic (exact) mass is 239 g/mol. The molecule has 17 heavy (non-hydrogen) atoms. The molecule has 5 nitrogen and oxygen atoms in total. The molecule has 2 N–H and O–H groups in total. The largest absolute Gasteiger partial charge is 0.481 e. The number of likely N-dealkylation sites (N-methyl/N-ethyl adjacent to an activating group) is 1. The first-order valence-electron chi connectivity index (χ1n) is 5.65. The van der Waals surface area contributed by atoms with Crippen molar-refractivity contribution in [2.75, 3.05) is 34.3 Å². The molecular formula is C12H21N3O2. The molecule has 1 aromatic heterocycles. The third-order valence-corrected chi connectivity index (χ3v) is 2.31. The molecule has 1 rings (SSSR count). The maximum absolute atomic E-state index is 9.67. The first-order chi connectivity index (χ1) is 8.13. The average Bonchev–Trinajstić information content (AvgIpc) is 2.28. The van der Waals surface area contributed by atoms with Crippen LogP contribution in [0.15, 0.2) is 18.3 Å². The van der Waals surface area contributed by atoms with Crippen LogP contribution in [0.4, 0.5) is 0 Å². The number of aliphatic hydroxyl groups excluding tert-OH is 1. The van der Waals surface area contributed by atoms with Gasteiger partial charge in [-0.3, -0.25) is 0 Å². The summed E-state index contributed by atoms with van der Waals surface area (Å²) in [5, 5.41) is 12.9. The fraction of sp³-hybridized carbons (Fsp3) is 0.583. The van der Waals surface area contributed by atoms with Gasteiger partial charge in [-0.2, -0.15) is 0 Å². The molecule has 1 unspecified atom stereocenters. The summed E-state index contributed by atoms with van der Waals surface area (Å²) < 4.78 is 5.15. The van der Waals surface area contributed by atoms with Crippen molar-refractivity contribution in [1.29, 1.82) is 0 Å². The second kappa shape index (κ2) is 7.21. The summed E-state index contributed by atoms with van der Waals surface area (Å²) in [7, 11) is 5.48. The second-order valence-electron chi connectivity index (χ2n) is 4.22. The molecule has 5 heteroatoms. The number of ether oxygens (including phenoxy) is 1. The molecule has 0 aliphatic heterocycles. The highest BCUT2D eigenvalue weighted by atomic mass is 16.5. The predicted octanol–water partition coefficient (Wildman–Crippen LogP) is 0.102. The van der Waals surface area contributed by atoms with Crippen LogP contribution in [0.1, 0.15) is 5.56 Å². The van der Waals surface area contributed by atoms with Gasteiger partial charge < -0.3 is 20.1 Å². The number of hydrogen-bond donors (Lipinski definition) is 2. The average molecular weight is 239 g/mol. The van der Waals surface area contributed by atoms with E-state index in [0.717, 1.165) is 5.56 Å². The van der Waals surface area contributed by atoms with Gasteiger partial charge in [-0.25, -0.2) is 4.98 Å². The van der Waals surface area contributed by atoms with Crippen LogP contribution in [0.3, 0.4) is 0 Å². The Hall–Kier alpha value is -1.17. The highest BCUT2D eigenvalue weighted by molar-refractivity contribution is 5.24. The standard InChI is InChI=1S/C12H21N3O2/c1-15(2)9-11(16)8-13-7-10-5-4-6-14-12(10)17-3/h4-6,11,13,16H,7-9H2,1-3H3. The maximum Gasteiger partial charge on any atom is 0.217 e. The van der Waals surface area contributed by atoms with Gasteiger partial charge in [0.2, 0.25) is 5.88 Å². The van der Waals surface area contributed by atoms with E-state index in [1.54, 1.807) is 13.3 Å². The summed E-state index contributed by atoms with van der Waals surface area (Å²) in [5.41, 5.74) is 0.993. The molecule has 0 spiro atoms. The molecule has 0 fully saturated rings. The Kier molecular flexibility index (Phi) is 5.90. The van der Waals surface area contributed by atoms with Crippen LogP contribution in [-0.2, 0) is 6.54 Å². The summed E-state index contributed by atoms with van der Waals surface area (Å²) in [6, 6.07) is 3.83. The SMILES string of the molecule is COc1ncccc1CNCC(O)CN(C)C. The molecule has 0 saturated heterocycles. The summed E-state index contributed by atoms with van der Waals surface area (Å²) in [6.07, 6.45) is 1.33. The number of methoxy groups -OCH3 is 1. The lowest BCUT2D eigenvalue weighted by Gasteiger charge is -2.16. The molecule has 1 aromatic rings. The van der Waals surface area contributed by atoms with Crippen LogP contribution in [0.25, 0.3) is 0 Å². The normalized spacial score (nSPS) is 12.8. The highest BCUT2D eigenvalue weighted by Gasteiger charge is 2.06. The van der Waals surface area contributed by atoms with Crippen LogP contribution >= 0.6 is 0 Å². The van der Waals surface area contributed by atoms with Crippen LogP contribution < -0.4 is 10.1 Å². The molecule has 96 valence electrons. The van der Waals surface area contributed by atoms with Gasteiger partial charge in [0.15, 0.2) is 0 Å². The van der Waals surface area contributed by atoms with E-state index in [2.05, 4.69) is 10.3 Å². The number of aromatic nitrogens is 1. The number of nitrogens with one attached hydrogen (secondary N) is 1. The summed E-state index contributed by atoms with van der Waals surface area (Å²) in [6.45, 7) is 1.84. The van der Waals surface area contributed by atoms with E-state index in [1.807, 2.05) is 31.1 Å². The Morgan fingerprint density at radius 1 is 1.53 bits per heavy atom.